The average Bonchev–Trinajstić information content (AvgIpc) is 3.37. The van der Waals surface area contributed by atoms with Crippen molar-refractivity contribution < 1.29 is 32.4 Å². The molecule has 0 bridgehead atoms. The van der Waals surface area contributed by atoms with Gasteiger partial charge in [-0.1, -0.05) is 29.4 Å². The first kappa shape index (κ1) is 22.0. The molecule has 0 fully saturated rings. The summed E-state index contributed by atoms with van der Waals surface area (Å²) in [6.45, 7) is 1.47. The predicted octanol–water partition coefficient (Wildman–Crippen LogP) is 2.73. The normalized spacial score (nSPS) is 13.2. The second-order valence-electron chi connectivity index (χ2n) is 7.37. The summed E-state index contributed by atoms with van der Waals surface area (Å²) in [6, 6.07) is 17.3. The van der Waals surface area contributed by atoms with Gasteiger partial charge in [-0.3, -0.25) is 14.8 Å². The van der Waals surface area contributed by atoms with Crippen molar-refractivity contribution in [2.45, 2.75) is 26.5 Å². The Balaban J connectivity index is 1.44. The molecule has 1 atom stereocenters. The van der Waals surface area contributed by atoms with E-state index in [0.717, 1.165) is 34.8 Å². The lowest BCUT2D eigenvalue weighted by Crippen LogP contribution is -2.38. The van der Waals surface area contributed by atoms with Gasteiger partial charge in [-0.05, 0) is 42.3 Å². The van der Waals surface area contributed by atoms with Crippen molar-refractivity contribution in [1.29, 1.82) is 0 Å². The molecule has 0 aliphatic carbocycles. The first-order valence-electron chi connectivity index (χ1n) is 9.82. The number of rotatable bonds is 8. The molecule has 0 amide bonds. The number of pyridine rings is 1. The van der Waals surface area contributed by atoms with E-state index in [2.05, 4.69) is 21.8 Å². The van der Waals surface area contributed by atoms with Gasteiger partial charge in [0.1, 0.15) is 17.1 Å². The molecule has 3 heterocycles. The summed E-state index contributed by atoms with van der Waals surface area (Å²) in [6.07, 6.45) is 2.83. The van der Waals surface area contributed by atoms with Crippen LogP contribution in [0.15, 0.2) is 69.7 Å². The lowest BCUT2D eigenvalue weighted by Gasteiger charge is -2.14. The minimum atomic E-state index is -4.86. The molecular weight excluding hydrogens is 433 g/mol. The van der Waals surface area contributed by atoms with Crippen LogP contribution in [-0.2, 0) is 28.7 Å². The number of nitrogens with zero attached hydrogens (tertiary/aromatic N) is 2. The third kappa shape index (κ3) is 5.52. The number of phosphoric ester groups is 1. The van der Waals surface area contributed by atoms with Crippen LogP contribution in [0.1, 0.15) is 28.3 Å². The molecule has 1 unspecified atom stereocenters. The minimum absolute atomic E-state index is 0.209. The highest BCUT2D eigenvalue weighted by atomic mass is 31.2. The van der Waals surface area contributed by atoms with Crippen molar-refractivity contribution in [3.63, 3.8) is 0 Å². The number of nitrogens with two attached hydrogens (primary N) is 1. The highest BCUT2D eigenvalue weighted by Crippen LogP contribution is 2.30. The van der Waals surface area contributed by atoms with Crippen molar-refractivity contribution >= 4 is 13.6 Å². The maximum Gasteiger partial charge on any atom is 0.285 e. The molecule has 4 rings (SSSR count). The number of furan rings is 1. The number of aryl methyl sites for hydroxylation is 1. The quantitative estimate of drug-likeness (QED) is 0.305. The molecule has 32 heavy (non-hydrogen) atoms. The largest absolute Gasteiger partial charge is 0.756 e. The fourth-order valence-electron chi connectivity index (χ4n) is 3.31. The van der Waals surface area contributed by atoms with E-state index in [1.54, 1.807) is 18.2 Å². The summed E-state index contributed by atoms with van der Waals surface area (Å²) < 4.78 is 27.6. The van der Waals surface area contributed by atoms with E-state index < -0.39 is 14.6 Å². The van der Waals surface area contributed by atoms with Crippen LogP contribution in [0, 0.1) is 6.92 Å². The lowest BCUT2D eigenvalue weighted by atomic mass is 10.0. The molecule has 0 radical (unpaired) electrons. The van der Waals surface area contributed by atoms with Gasteiger partial charge in [0.15, 0.2) is 12.5 Å². The maximum atomic E-state index is 10.8. The van der Waals surface area contributed by atoms with Crippen molar-refractivity contribution in [3.8, 4) is 11.3 Å². The van der Waals surface area contributed by atoms with Gasteiger partial charge in [0.2, 0.25) is 0 Å². The van der Waals surface area contributed by atoms with Crippen molar-refractivity contribution in [3.05, 3.63) is 89.1 Å². The van der Waals surface area contributed by atoms with Gasteiger partial charge in [-0.25, -0.2) is 4.57 Å². The minimum Gasteiger partial charge on any atom is -0.756 e. The number of phosphoric acid groups is 1. The maximum absolute atomic E-state index is 10.8. The molecule has 0 spiro atoms. The zero-order chi connectivity index (χ0) is 22.7. The summed E-state index contributed by atoms with van der Waals surface area (Å²) in [4.78, 5) is 19.6. The molecule has 0 saturated carbocycles. The zero-order valence-corrected chi connectivity index (χ0v) is 18.2. The van der Waals surface area contributed by atoms with Crippen LogP contribution in [0.2, 0.25) is 0 Å². The molecule has 0 aliphatic rings. The third-order valence-electron chi connectivity index (χ3n) is 4.88. The van der Waals surface area contributed by atoms with Gasteiger partial charge in [0.05, 0.1) is 11.9 Å². The van der Waals surface area contributed by atoms with E-state index in [1.807, 2.05) is 31.2 Å². The lowest BCUT2D eigenvalue weighted by molar-refractivity contribution is -0.712. The van der Waals surface area contributed by atoms with Gasteiger partial charge in [-0.2, -0.15) is 0 Å². The standard InChI is InChI=1S/C22H22N3O6P/c1-15-4-9-19(30-15)12-17-7-5-16(6-8-17)11-18-13-21(31-24-18)20-3-2-10-25(22(20)23)14-29-32(26,27)28/h2-10,13,23H,11-12,14H2,1H3,(H2,26,27,28). The molecule has 9 nitrogen and oxygen atoms in total. The second-order valence-corrected chi connectivity index (χ2v) is 8.56. The Morgan fingerprint density at radius 1 is 1.16 bits per heavy atom. The SMILES string of the molecule is Cc1ccc(Cc2ccc(Cc3cc(-c4ccc[n+](COP(=O)([O-])O)c4N)on3)cc2)o1. The average molecular weight is 455 g/mol. The van der Waals surface area contributed by atoms with Crippen LogP contribution >= 0.6 is 7.82 Å². The van der Waals surface area contributed by atoms with Gasteiger partial charge in [0, 0.05) is 18.9 Å². The van der Waals surface area contributed by atoms with Crippen LogP contribution in [0.4, 0.5) is 5.82 Å². The van der Waals surface area contributed by atoms with E-state index in [0.29, 0.717) is 17.7 Å². The molecule has 10 heteroatoms. The fraction of sp³-hybridized carbons (Fsp3) is 0.182. The van der Waals surface area contributed by atoms with E-state index in [1.165, 1.54) is 10.8 Å². The number of hydrogen-bond donors (Lipinski definition) is 2. The van der Waals surface area contributed by atoms with E-state index >= 15 is 0 Å². The molecule has 3 aromatic heterocycles. The fourth-order valence-corrected chi connectivity index (χ4v) is 3.58. The Hall–Kier alpha value is -3.23. The van der Waals surface area contributed by atoms with Crippen molar-refractivity contribution in [1.82, 2.24) is 5.16 Å². The highest BCUT2D eigenvalue weighted by molar-refractivity contribution is 7.44. The molecular formula is C22H22N3O6P. The summed E-state index contributed by atoms with van der Waals surface area (Å²) in [5.41, 5.74) is 9.57. The Labute approximate surface area is 184 Å². The number of hydrogen-bond acceptors (Lipinski definition) is 7. The van der Waals surface area contributed by atoms with Crippen LogP contribution in [0.3, 0.4) is 0 Å². The topological polar surface area (TPSA) is 139 Å². The molecule has 0 saturated heterocycles. The van der Waals surface area contributed by atoms with Crippen LogP contribution < -0.4 is 15.2 Å². The van der Waals surface area contributed by atoms with E-state index in [9.17, 15) is 9.46 Å². The first-order valence-corrected chi connectivity index (χ1v) is 11.3. The molecule has 3 N–H and O–H groups in total. The zero-order valence-electron chi connectivity index (χ0n) is 17.3. The third-order valence-corrected chi connectivity index (χ3v) is 5.32. The molecule has 166 valence electrons. The summed E-state index contributed by atoms with van der Waals surface area (Å²) >= 11 is 0. The number of nitrogen functional groups attached to an aromatic ring is 1. The van der Waals surface area contributed by atoms with Gasteiger partial charge < -0.3 is 18.7 Å². The number of anilines is 1. The number of benzene rings is 1. The summed E-state index contributed by atoms with van der Waals surface area (Å²) in [7, 11) is -4.86. The van der Waals surface area contributed by atoms with Crippen LogP contribution in [-0.4, -0.2) is 10.1 Å². The predicted molar refractivity (Wildman–Crippen MR) is 113 cm³/mol. The summed E-state index contributed by atoms with van der Waals surface area (Å²) in [5.74, 6) is 2.47. The smallest absolute Gasteiger partial charge is 0.285 e. The number of aromatic nitrogens is 2. The Morgan fingerprint density at radius 3 is 2.53 bits per heavy atom. The van der Waals surface area contributed by atoms with Crippen LogP contribution in [0.25, 0.3) is 11.3 Å². The van der Waals surface area contributed by atoms with Gasteiger partial charge in [-0.15, -0.1) is 0 Å². The Morgan fingerprint density at radius 2 is 1.88 bits per heavy atom. The van der Waals surface area contributed by atoms with E-state index in [4.69, 9.17) is 19.6 Å². The monoisotopic (exact) mass is 455 g/mol. The van der Waals surface area contributed by atoms with Gasteiger partial charge in [0.25, 0.3) is 13.6 Å². The van der Waals surface area contributed by atoms with E-state index in [-0.39, 0.29) is 5.82 Å². The molecule has 4 aromatic rings. The second kappa shape index (κ2) is 9.10. The highest BCUT2D eigenvalue weighted by Gasteiger charge is 2.18. The molecule has 1 aromatic carbocycles. The summed E-state index contributed by atoms with van der Waals surface area (Å²) in [5, 5.41) is 4.12. The van der Waals surface area contributed by atoms with Crippen molar-refractivity contribution in [2.75, 3.05) is 5.73 Å². The Bertz CT molecular complexity index is 1260. The van der Waals surface area contributed by atoms with Gasteiger partial charge >= 0.3 is 0 Å². The van der Waals surface area contributed by atoms with Crippen molar-refractivity contribution in [2.24, 2.45) is 0 Å². The first-order chi connectivity index (χ1) is 15.3. The Kier molecular flexibility index (Phi) is 6.25. The van der Waals surface area contributed by atoms with Crippen LogP contribution in [0.5, 0.6) is 0 Å². The molecule has 0 aliphatic heterocycles.